The van der Waals surface area contributed by atoms with Gasteiger partial charge in [0.1, 0.15) is 5.82 Å². The van der Waals surface area contributed by atoms with Crippen LogP contribution in [0.25, 0.3) is 0 Å². The maximum atomic E-state index is 8.72. The van der Waals surface area contributed by atoms with Gasteiger partial charge in [-0.3, -0.25) is 0 Å². The van der Waals surface area contributed by atoms with Crippen molar-refractivity contribution in [1.29, 1.82) is 0 Å². The third kappa shape index (κ3) is 2.40. The van der Waals surface area contributed by atoms with Gasteiger partial charge in [0.2, 0.25) is 0 Å². The van der Waals surface area contributed by atoms with Gasteiger partial charge in [0.15, 0.2) is 0 Å². The first kappa shape index (κ1) is 9.95. The number of hydrogen-bond acceptors (Lipinski definition) is 4. The van der Waals surface area contributed by atoms with Gasteiger partial charge in [-0.1, -0.05) is 0 Å². The molecule has 0 aliphatic carbocycles. The highest BCUT2D eigenvalue weighted by molar-refractivity contribution is 5.37. The summed E-state index contributed by atoms with van der Waals surface area (Å²) in [6, 6.07) is 1.63. The Morgan fingerprint density at radius 1 is 1.62 bits per heavy atom. The van der Waals surface area contributed by atoms with Crippen molar-refractivity contribution in [2.75, 3.05) is 12.3 Å². The first-order valence-corrected chi connectivity index (χ1v) is 4.23. The average Bonchev–Trinajstić information content (AvgIpc) is 2.04. The van der Waals surface area contributed by atoms with Crippen LogP contribution in [-0.4, -0.2) is 16.7 Å². The van der Waals surface area contributed by atoms with Crippen LogP contribution in [0, 0.1) is 6.92 Å². The van der Waals surface area contributed by atoms with Gasteiger partial charge in [0, 0.05) is 18.8 Å². The van der Waals surface area contributed by atoms with E-state index < -0.39 is 0 Å². The maximum absolute atomic E-state index is 8.72. The number of aromatic nitrogens is 1. The van der Waals surface area contributed by atoms with Crippen molar-refractivity contribution in [2.45, 2.75) is 19.4 Å². The lowest BCUT2D eigenvalue weighted by Gasteiger charge is -2.12. The fourth-order valence-electron chi connectivity index (χ4n) is 1.27. The molecule has 1 atom stereocenters. The molecule has 1 heterocycles. The van der Waals surface area contributed by atoms with Crippen molar-refractivity contribution < 1.29 is 5.11 Å². The number of nitrogen functional groups attached to an aromatic ring is 1. The van der Waals surface area contributed by atoms with E-state index in [-0.39, 0.29) is 12.6 Å². The van der Waals surface area contributed by atoms with E-state index in [1.165, 1.54) is 0 Å². The van der Waals surface area contributed by atoms with E-state index in [2.05, 4.69) is 4.98 Å². The Hall–Kier alpha value is -1.13. The van der Waals surface area contributed by atoms with Crippen LogP contribution in [0.3, 0.4) is 0 Å². The van der Waals surface area contributed by atoms with Crippen molar-refractivity contribution in [1.82, 2.24) is 4.98 Å². The molecule has 0 bridgehead atoms. The SMILES string of the molecule is Cc1cc(N)ncc1[C@@H](N)CCO. The van der Waals surface area contributed by atoms with Crippen LogP contribution >= 0.6 is 0 Å². The van der Waals surface area contributed by atoms with Crippen LogP contribution < -0.4 is 11.5 Å². The van der Waals surface area contributed by atoms with E-state index in [4.69, 9.17) is 16.6 Å². The molecule has 5 N–H and O–H groups in total. The molecule has 0 aromatic carbocycles. The van der Waals surface area contributed by atoms with Crippen LogP contribution in [0.4, 0.5) is 5.82 Å². The smallest absolute Gasteiger partial charge is 0.123 e. The zero-order chi connectivity index (χ0) is 9.84. The summed E-state index contributed by atoms with van der Waals surface area (Å²) in [4.78, 5) is 3.96. The lowest BCUT2D eigenvalue weighted by atomic mass is 10.0. The topological polar surface area (TPSA) is 85.2 Å². The second-order valence-corrected chi connectivity index (χ2v) is 3.08. The Labute approximate surface area is 77.6 Å². The average molecular weight is 181 g/mol. The molecule has 0 unspecified atom stereocenters. The fraction of sp³-hybridized carbons (Fsp3) is 0.444. The monoisotopic (exact) mass is 181 g/mol. The van der Waals surface area contributed by atoms with Gasteiger partial charge in [-0.15, -0.1) is 0 Å². The number of nitrogens with zero attached hydrogens (tertiary/aromatic N) is 1. The van der Waals surface area contributed by atoms with Crippen LogP contribution in [-0.2, 0) is 0 Å². The van der Waals surface area contributed by atoms with Crippen LogP contribution in [0.15, 0.2) is 12.3 Å². The summed E-state index contributed by atoms with van der Waals surface area (Å²) in [6.45, 7) is 2.02. The standard InChI is InChI=1S/C9H15N3O/c1-6-4-9(11)12-5-7(6)8(10)2-3-13/h4-5,8,13H,2-3,10H2,1H3,(H2,11,12)/t8-/m0/s1. The third-order valence-electron chi connectivity index (χ3n) is 2.01. The van der Waals surface area contributed by atoms with E-state index >= 15 is 0 Å². The van der Waals surface area contributed by atoms with Gasteiger partial charge in [-0.2, -0.15) is 0 Å². The summed E-state index contributed by atoms with van der Waals surface area (Å²) in [6.07, 6.45) is 2.22. The summed E-state index contributed by atoms with van der Waals surface area (Å²) in [5.74, 6) is 0.498. The molecule has 1 rings (SSSR count). The second-order valence-electron chi connectivity index (χ2n) is 3.08. The van der Waals surface area contributed by atoms with Gasteiger partial charge < -0.3 is 16.6 Å². The Morgan fingerprint density at radius 3 is 2.85 bits per heavy atom. The largest absolute Gasteiger partial charge is 0.396 e. The summed E-state index contributed by atoms with van der Waals surface area (Å²) in [5.41, 5.74) is 13.3. The summed E-state index contributed by atoms with van der Waals surface area (Å²) < 4.78 is 0. The minimum absolute atomic E-state index is 0.0883. The van der Waals surface area contributed by atoms with E-state index in [0.717, 1.165) is 11.1 Å². The van der Waals surface area contributed by atoms with Crippen molar-refractivity contribution >= 4 is 5.82 Å². The Balaban J connectivity index is 2.88. The summed E-state index contributed by atoms with van der Waals surface area (Å²) in [7, 11) is 0. The molecule has 0 saturated heterocycles. The Morgan fingerprint density at radius 2 is 2.31 bits per heavy atom. The highest BCUT2D eigenvalue weighted by Crippen LogP contribution is 2.18. The highest BCUT2D eigenvalue weighted by atomic mass is 16.3. The molecule has 4 heteroatoms. The summed E-state index contributed by atoms with van der Waals surface area (Å²) >= 11 is 0. The quantitative estimate of drug-likeness (QED) is 0.628. The van der Waals surface area contributed by atoms with Crippen molar-refractivity contribution in [2.24, 2.45) is 5.73 Å². The van der Waals surface area contributed by atoms with E-state index in [9.17, 15) is 0 Å². The molecule has 13 heavy (non-hydrogen) atoms. The number of pyridine rings is 1. The summed E-state index contributed by atoms with van der Waals surface area (Å²) in [5, 5.41) is 8.72. The lowest BCUT2D eigenvalue weighted by molar-refractivity contribution is 0.276. The van der Waals surface area contributed by atoms with E-state index in [1.54, 1.807) is 12.3 Å². The van der Waals surface area contributed by atoms with E-state index in [1.807, 2.05) is 6.92 Å². The number of anilines is 1. The molecule has 0 fully saturated rings. The minimum atomic E-state index is -0.155. The second kappa shape index (κ2) is 4.20. The predicted molar refractivity (Wildman–Crippen MR) is 52.0 cm³/mol. The first-order valence-electron chi connectivity index (χ1n) is 4.23. The third-order valence-corrected chi connectivity index (χ3v) is 2.01. The molecule has 0 amide bonds. The van der Waals surface area contributed by atoms with Crippen molar-refractivity contribution in [3.8, 4) is 0 Å². The van der Waals surface area contributed by atoms with Crippen molar-refractivity contribution in [3.05, 3.63) is 23.4 Å². The molecular formula is C9H15N3O. The highest BCUT2D eigenvalue weighted by Gasteiger charge is 2.08. The molecule has 72 valence electrons. The number of rotatable bonds is 3. The molecule has 0 saturated carbocycles. The number of nitrogens with two attached hydrogens (primary N) is 2. The van der Waals surface area contributed by atoms with Gasteiger partial charge in [-0.05, 0) is 30.5 Å². The number of aliphatic hydroxyl groups excluding tert-OH is 1. The molecule has 0 aliphatic heterocycles. The Kier molecular flexibility index (Phi) is 3.22. The molecule has 4 nitrogen and oxygen atoms in total. The predicted octanol–water partition coefficient (Wildman–Crippen LogP) is 0.354. The lowest BCUT2D eigenvalue weighted by Crippen LogP contribution is -2.14. The van der Waals surface area contributed by atoms with Crippen LogP contribution in [0.5, 0.6) is 0 Å². The number of aliphatic hydroxyl groups is 1. The molecule has 0 aliphatic rings. The van der Waals surface area contributed by atoms with Gasteiger partial charge >= 0.3 is 0 Å². The maximum Gasteiger partial charge on any atom is 0.123 e. The van der Waals surface area contributed by atoms with E-state index in [0.29, 0.717) is 12.2 Å². The number of hydrogen-bond donors (Lipinski definition) is 3. The van der Waals surface area contributed by atoms with Gasteiger partial charge in [0.05, 0.1) is 0 Å². The fourth-order valence-corrected chi connectivity index (χ4v) is 1.27. The van der Waals surface area contributed by atoms with Crippen LogP contribution in [0.1, 0.15) is 23.6 Å². The number of aryl methyl sites for hydroxylation is 1. The van der Waals surface area contributed by atoms with Gasteiger partial charge in [0.25, 0.3) is 0 Å². The molecule has 1 aromatic rings. The van der Waals surface area contributed by atoms with Crippen LogP contribution in [0.2, 0.25) is 0 Å². The minimum Gasteiger partial charge on any atom is -0.396 e. The molecule has 0 radical (unpaired) electrons. The normalized spacial score (nSPS) is 12.8. The zero-order valence-electron chi connectivity index (χ0n) is 7.70. The first-order chi connectivity index (χ1) is 6.15. The molecule has 0 spiro atoms. The Bertz CT molecular complexity index is 288. The van der Waals surface area contributed by atoms with Crippen molar-refractivity contribution in [3.63, 3.8) is 0 Å². The van der Waals surface area contributed by atoms with Gasteiger partial charge in [-0.25, -0.2) is 4.98 Å². The molecular weight excluding hydrogens is 166 g/mol. The molecule has 1 aromatic heterocycles. The zero-order valence-corrected chi connectivity index (χ0v) is 7.70.